The normalized spacial score (nSPS) is 11.4. The van der Waals surface area contributed by atoms with Crippen molar-refractivity contribution in [2.24, 2.45) is 0 Å². The summed E-state index contributed by atoms with van der Waals surface area (Å²) in [4.78, 5) is 12.0. The average Bonchev–Trinajstić information content (AvgIpc) is 2.52. The molecule has 0 radical (unpaired) electrons. The molecule has 0 fully saturated rings. The smallest absolute Gasteiger partial charge is 0.338 e. The third kappa shape index (κ3) is 8.60. The van der Waals surface area contributed by atoms with Crippen molar-refractivity contribution >= 4 is 11.7 Å². The van der Waals surface area contributed by atoms with Crippen molar-refractivity contribution in [3.05, 3.63) is 29.8 Å². The summed E-state index contributed by atoms with van der Waals surface area (Å²) < 4.78 is 5.40. The lowest BCUT2D eigenvalue weighted by atomic mass is 10.1. The standard InChI is InChI=1S/C19H32N2O2/c1-4-5-6-7-8-9-14-21-19(2,3)15-23-18(22)16-10-12-17(20)13-11-16/h10-13,21H,4-9,14-15,20H2,1-3H3. The van der Waals surface area contributed by atoms with Crippen LogP contribution in [0.5, 0.6) is 0 Å². The molecule has 0 spiro atoms. The molecular formula is C19H32N2O2. The number of rotatable bonds is 11. The first-order valence-corrected chi connectivity index (χ1v) is 8.72. The van der Waals surface area contributed by atoms with Gasteiger partial charge in [-0.3, -0.25) is 0 Å². The summed E-state index contributed by atoms with van der Waals surface area (Å²) in [6.45, 7) is 7.65. The van der Waals surface area contributed by atoms with E-state index in [0.717, 1.165) is 6.54 Å². The highest BCUT2D eigenvalue weighted by atomic mass is 16.5. The van der Waals surface area contributed by atoms with Crippen LogP contribution in [0.4, 0.5) is 5.69 Å². The number of carbonyl (C=O) groups is 1. The second kappa shape index (κ2) is 10.3. The summed E-state index contributed by atoms with van der Waals surface area (Å²) in [5.74, 6) is -0.306. The van der Waals surface area contributed by atoms with Crippen LogP contribution in [-0.2, 0) is 4.74 Å². The fourth-order valence-electron chi connectivity index (χ4n) is 2.33. The second-order valence-electron chi connectivity index (χ2n) is 6.78. The third-order valence-corrected chi connectivity index (χ3v) is 3.84. The minimum Gasteiger partial charge on any atom is -0.460 e. The zero-order valence-electron chi connectivity index (χ0n) is 14.9. The van der Waals surface area contributed by atoms with Crippen molar-refractivity contribution in [2.75, 3.05) is 18.9 Å². The Morgan fingerprint density at radius 3 is 2.35 bits per heavy atom. The molecule has 130 valence electrons. The van der Waals surface area contributed by atoms with E-state index >= 15 is 0 Å². The first kappa shape index (κ1) is 19.5. The van der Waals surface area contributed by atoms with Gasteiger partial charge >= 0.3 is 5.97 Å². The molecule has 0 amide bonds. The second-order valence-corrected chi connectivity index (χ2v) is 6.78. The fraction of sp³-hybridized carbons (Fsp3) is 0.632. The Morgan fingerprint density at radius 1 is 1.09 bits per heavy atom. The number of nitrogen functional groups attached to an aromatic ring is 1. The van der Waals surface area contributed by atoms with E-state index in [2.05, 4.69) is 26.1 Å². The highest BCUT2D eigenvalue weighted by Crippen LogP contribution is 2.10. The Morgan fingerprint density at radius 2 is 1.70 bits per heavy atom. The summed E-state index contributed by atoms with van der Waals surface area (Å²) in [6.07, 6.45) is 7.68. The number of ether oxygens (including phenoxy) is 1. The lowest BCUT2D eigenvalue weighted by molar-refractivity contribution is 0.0400. The molecule has 1 aromatic carbocycles. The molecule has 0 aliphatic rings. The van der Waals surface area contributed by atoms with Gasteiger partial charge in [0.15, 0.2) is 0 Å². The molecule has 1 aromatic rings. The molecule has 0 aliphatic carbocycles. The monoisotopic (exact) mass is 320 g/mol. The summed E-state index contributed by atoms with van der Waals surface area (Å²) in [7, 11) is 0. The van der Waals surface area contributed by atoms with Gasteiger partial charge in [-0.2, -0.15) is 0 Å². The average molecular weight is 320 g/mol. The zero-order valence-corrected chi connectivity index (χ0v) is 14.9. The van der Waals surface area contributed by atoms with E-state index in [0.29, 0.717) is 17.9 Å². The van der Waals surface area contributed by atoms with Gasteiger partial charge in [0.25, 0.3) is 0 Å². The van der Waals surface area contributed by atoms with Crippen molar-refractivity contribution in [3.8, 4) is 0 Å². The maximum atomic E-state index is 12.0. The fourth-order valence-corrected chi connectivity index (χ4v) is 2.33. The van der Waals surface area contributed by atoms with Crippen molar-refractivity contribution in [3.63, 3.8) is 0 Å². The van der Waals surface area contributed by atoms with Gasteiger partial charge < -0.3 is 15.8 Å². The molecule has 4 nitrogen and oxygen atoms in total. The van der Waals surface area contributed by atoms with Gasteiger partial charge in [-0.05, 0) is 51.1 Å². The first-order chi connectivity index (χ1) is 10.9. The number of nitrogens with one attached hydrogen (secondary N) is 1. The highest BCUT2D eigenvalue weighted by Gasteiger charge is 2.19. The number of esters is 1. The molecule has 0 atom stereocenters. The Bertz CT molecular complexity index is 455. The van der Waals surface area contributed by atoms with Gasteiger partial charge in [-0.25, -0.2) is 4.79 Å². The number of hydrogen-bond donors (Lipinski definition) is 2. The third-order valence-electron chi connectivity index (χ3n) is 3.84. The SMILES string of the molecule is CCCCCCCCNC(C)(C)COC(=O)c1ccc(N)cc1. The van der Waals surface area contributed by atoms with Crippen molar-refractivity contribution in [1.82, 2.24) is 5.32 Å². The van der Waals surface area contributed by atoms with Crippen molar-refractivity contribution in [1.29, 1.82) is 0 Å². The van der Waals surface area contributed by atoms with Gasteiger partial charge in [-0.1, -0.05) is 39.0 Å². The van der Waals surface area contributed by atoms with Gasteiger partial charge in [0.1, 0.15) is 6.61 Å². The predicted octanol–water partition coefficient (Wildman–Crippen LogP) is 4.15. The van der Waals surface area contributed by atoms with Gasteiger partial charge in [-0.15, -0.1) is 0 Å². The number of hydrogen-bond acceptors (Lipinski definition) is 4. The molecule has 3 N–H and O–H groups in total. The molecule has 0 saturated heterocycles. The van der Waals surface area contributed by atoms with Gasteiger partial charge in [0.2, 0.25) is 0 Å². The Labute approximate surface area is 140 Å². The maximum Gasteiger partial charge on any atom is 0.338 e. The molecule has 1 rings (SSSR count). The Balaban J connectivity index is 2.21. The van der Waals surface area contributed by atoms with Crippen molar-refractivity contribution in [2.45, 2.75) is 64.8 Å². The summed E-state index contributed by atoms with van der Waals surface area (Å²) in [5, 5.41) is 3.47. The van der Waals surface area contributed by atoms with Crippen LogP contribution < -0.4 is 11.1 Å². The van der Waals surface area contributed by atoms with E-state index < -0.39 is 0 Å². The first-order valence-electron chi connectivity index (χ1n) is 8.72. The molecular weight excluding hydrogens is 288 g/mol. The maximum absolute atomic E-state index is 12.0. The lowest BCUT2D eigenvalue weighted by Gasteiger charge is -2.26. The minimum atomic E-state index is -0.306. The van der Waals surface area contributed by atoms with Crippen LogP contribution in [0.3, 0.4) is 0 Å². The molecule has 23 heavy (non-hydrogen) atoms. The molecule has 0 aliphatic heterocycles. The number of carbonyl (C=O) groups excluding carboxylic acids is 1. The van der Waals surface area contributed by atoms with Gasteiger partial charge in [0, 0.05) is 11.2 Å². The summed E-state index contributed by atoms with van der Waals surface area (Å²) >= 11 is 0. The number of nitrogens with two attached hydrogens (primary N) is 1. The van der Waals surface area contributed by atoms with Crippen LogP contribution >= 0.6 is 0 Å². The number of benzene rings is 1. The van der Waals surface area contributed by atoms with E-state index in [1.165, 1.54) is 38.5 Å². The molecule has 0 aromatic heterocycles. The van der Waals surface area contributed by atoms with Crippen LogP contribution in [0.25, 0.3) is 0 Å². The van der Waals surface area contributed by atoms with Crippen molar-refractivity contribution < 1.29 is 9.53 Å². The highest BCUT2D eigenvalue weighted by molar-refractivity contribution is 5.89. The van der Waals surface area contributed by atoms with E-state index in [1.54, 1.807) is 24.3 Å². The molecule has 0 bridgehead atoms. The van der Waals surface area contributed by atoms with Gasteiger partial charge in [0.05, 0.1) is 5.56 Å². The van der Waals surface area contributed by atoms with E-state index in [4.69, 9.17) is 10.5 Å². The van der Waals surface area contributed by atoms with Crippen LogP contribution in [0.2, 0.25) is 0 Å². The molecule has 0 heterocycles. The topological polar surface area (TPSA) is 64.3 Å². The molecule has 4 heteroatoms. The van der Waals surface area contributed by atoms with Crippen LogP contribution in [0.1, 0.15) is 69.7 Å². The Hall–Kier alpha value is -1.55. The van der Waals surface area contributed by atoms with E-state index in [9.17, 15) is 4.79 Å². The van der Waals surface area contributed by atoms with E-state index in [1.807, 2.05) is 0 Å². The van der Waals surface area contributed by atoms with Crippen LogP contribution in [-0.4, -0.2) is 24.7 Å². The lowest BCUT2D eigenvalue weighted by Crippen LogP contribution is -2.44. The number of unbranched alkanes of at least 4 members (excludes halogenated alkanes) is 5. The molecule has 0 unspecified atom stereocenters. The minimum absolute atomic E-state index is 0.215. The summed E-state index contributed by atoms with van der Waals surface area (Å²) in [5.41, 5.74) is 6.57. The zero-order chi connectivity index (χ0) is 17.1. The van der Waals surface area contributed by atoms with Crippen LogP contribution in [0, 0.1) is 0 Å². The predicted molar refractivity (Wildman–Crippen MR) is 96.6 cm³/mol. The Kier molecular flexibility index (Phi) is 8.70. The summed E-state index contributed by atoms with van der Waals surface area (Å²) in [6, 6.07) is 6.79. The van der Waals surface area contributed by atoms with Crippen LogP contribution in [0.15, 0.2) is 24.3 Å². The molecule has 0 saturated carbocycles. The quantitative estimate of drug-likeness (QED) is 0.365. The van der Waals surface area contributed by atoms with E-state index in [-0.39, 0.29) is 11.5 Å². The number of anilines is 1. The largest absolute Gasteiger partial charge is 0.460 e.